The molecule has 1 fully saturated rings. The Kier molecular flexibility index (Phi) is 15.7. The number of carbonyl (C=O) groups is 7. The molecule has 0 radical (unpaired) electrons. The second-order valence-electron chi connectivity index (χ2n) is 10.4. The van der Waals surface area contributed by atoms with Crippen LogP contribution in [0, 0.1) is 0 Å². The van der Waals surface area contributed by atoms with Crippen molar-refractivity contribution >= 4 is 41.7 Å². The number of nitrogens with one attached hydrogen (secondary N) is 2. The van der Waals surface area contributed by atoms with E-state index >= 15 is 0 Å². The number of likely N-dealkylation sites (N-methyl/N-ethyl adjacent to an activating group) is 1. The molecule has 0 spiro atoms. The Labute approximate surface area is 271 Å². The van der Waals surface area contributed by atoms with Gasteiger partial charge in [0.15, 0.2) is 24.6 Å². The number of hydrogen-bond donors (Lipinski definition) is 3. The highest BCUT2D eigenvalue weighted by Crippen LogP contribution is 2.30. The maximum Gasteiger partial charge on any atom is 0.306 e. The highest BCUT2D eigenvalue weighted by atomic mass is 16.7. The molecule has 1 saturated heterocycles. The van der Waals surface area contributed by atoms with Crippen molar-refractivity contribution in [3.8, 4) is 0 Å². The van der Waals surface area contributed by atoms with Crippen molar-refractivity contribution in [3.63, 3.8) is 0 Å². The van der Waals surface area contributed by atoms with E-state index in [9.17, 15) is 33.6 Å². The Balaban J connectivity index is 2.13. The largest absolute Gasteiger partial charge is 0.463 e. The molecule has 17 heteroatoms. The zero-order valence-corrected chi connectivity index (χ0v) is 26.8. The van der Waals surface area contributed by atoms with Crippen LogP contribution in [0.1, 0.15) is 46.1 Å². The van der Waals surface area contributed by atoms with Crippen LogP contribution in [0.15, 0.2) is 30.3 Å². The summed E-state index contributed by atoms with van der Waals surface area (Å²) in [7, 11) is 1.35. The van der Waals surface area contributed by atoms with E-state index in [0.29, 0.717) is 0 Å². The van der Waals surface area contributed by atoms with Gasteiger partial charge in [0.05, 0.1) is 6.61 Å². The minimum atomic E-state index is -1.57. The smallest absolute Gasteiger partial charge is 0.306 e. The van der Waals surface area contributed by atoms with E-state index in [1.807, 2.05) is 6.07 Å². The number of esters is 5. The Morgan fingerprint density at radius 3 is 1.98 bits per heavy atom. The Hall–Kier alpha value is -4.61. The van der Waals surface area contributed by atoms with Gasteiger partial charge in [-0.25, -0.2) is 0 Å². The van der Waals surface area contributed by atoms with E-state index in [0.717, 1.165) is 33.3 Å². The van der Waals surface area contributed by atoms with Gasteiger partial charge in [0.25, 0.3) is 0 Å². The third-order valence-electron chi connectivity index (χ3n) is 6.48. The van der Waals surface area contributed by atoms with Crippen molar-refractivity contribution in [2.24, 2.45) is 5.73 Å². The summed E-state index contributed by atoms with van der Waals surface area (Å²) in [6.45, 7) is 3.30. The summed E-state index contributed by atoms with van der Waals surface area (Å²) in [6.07, 6.45) is -7.54. The van der Waals surface area contributed by atoms with Gasteiger partial charge in [-0.05, 0) is 12.0 Å². The van der Waals surface area contributed by atoms with Crippen molar-refractivity contribution in [2.45, 2.75) is 89.9 Å². The topological polar surface area (TPSA) is 234 Å². The summed E-state index contributed by atoms with van der Waals surface area (Å²) in [5.74, 6) is -5.22. The minimum Gasteiger partial charge on any atom is -0.463 e. The number of benzene rings is 1. The molecule has 0 saturated carbocycles. The van der Waals surface area contributed by atoms with Crippen molar-refractivity contribution < 1.29 is 66.7 Å². The summed E-state index contributed by atoms with van der Waals surface area (Å²) < 4.78 is 37.7. The van der Waals surface area contributed by atoms with E-state index in [1.165, 1.54) is 7.05 Å². The molecule has 1 aromatic rings. The first-order valence-corrected chi connectivity index (χ1v) is 14.6. The average molecular weight is 668 g/mol. The maximum atomic E-state index is 13.0. The number of carbonyl (C=O) groups excluding carboxylic acids is 7. The Morgan fingerprint density at radius 1 is 0.809 bits per heavy atom. The number of amides is 2. The van der Waals surface area contributed by atoms with Gasteiger partial charge in [0.1, 0.15) is 31.4 Å². The van der Waals surface area contributed by atoms with Crippen molar-refractivity contribution in [1.29, 1.82) is 0 Å². The number of ether oxygens (including phenoxy) is 7. The van der Waals surface area contributed by atoms with Crippen molar-refractivity contribution in [3.05, 3.63) is 35.9 Å². The molecule has 2 rings (SSSR count). The summed E-state index contributed by atoms with van der Waals surface area (Å²) in [6, 6.07) is 6.39. The van der Waals surface area contributed by atoms with E-state index < -0.39 is 97.7 Å². The Morgan fingerprint density at radius 2 is 1.40 bits per heavy atom. The molecule has 1 aliphatic heterocycles. The lowest BCUT2D eigenvalue weighted by Gasteiger charge is -2.44. The van der Waals surface area contributed by atoms with Gasteiger partial charge in [0, 0.05) is 41.2 Å². The van der Waals surface area contributed by atoms with Crippen LogP contribution in [0.5, 0.6) is 0 Å². The molecule has 1 heterocycles. The molecule has 0 bridgehead atoms. The van der Waals surface area contributed by atoms with E-state index in [2.05, 4.69) is 10.6 Å². The highest BCUT2D eigenvalue weighted by Gasteiger charge is 2.53. The predicted octanol–water partition coefficient (Wildman–Crippen LogP) is -0.832. The lowest BCUT2D eigenvalue weighted by atomic mass is 9.98. The average Bonchev–Trinajstić information content (AvgIpc) is 3.01. The van der Waals surface area contributed by atoms with Crippen molar-refractivity contribution in [2.75, 3.05) is 20.3 Å². The van der Waals surface area contributed by atoms with Crippen molar-refractivity contribution in [1.82, 2.24) is 10.6 Å². The van der Waals surface area contributed by atoms with Gasteiger partial charge in [-0.15, -0.1) is 0 Å². The molecule has 47 heavy (non-hydrogen) atoms. The SMILES string of the molecule is CNC(=O)[C@H](CCC(=O)OCc1ccccc1)NC(=O)[C@H](N)CO[C@H]1O[C@H](COC(C)=O)[C@@H](OC(C)=O)[C@H](OC(C)=O)[C@@H]1OC(C)=O. The fraction of sp³-hybridized carbons (Fsp3) is 0.567. The summed E-state index contributed by atoms with van der Waals surface area (Å²) in [5.41, 5.74) is 6.81. The first-order chi connectivity index (χ1) is 22.2. The molecule has 0 unspecified atom stereocenters. The third-order valence-corrected chi connectivity index (χ3v) is 6.48. The van der Waals surface area contributed by atoms with Crippen LogP contribution in [0.2, 0.25) is 0 Å². The molecule has 1 aliphatic rings. The van der Waals surface area contributed by atoms with Crippen LogP contribution >= 0.6 is 0 Å². The molecular weight excluding hydrogens is 626 g/mol. The molecule has 260 valence electrons. The fourth-order valence-electron chi connectivity index (χ4n) is 4.39. The molecular formula is C30H41N3O14. The molecule has 7 atom stereocenters. The molecule has 17 nitrogen and oxygen atoms in total. The van der Waals surface area contributed by atoms with Gasteiger partial charge < -0.3 is 49.5 Å². The van der Waals surface area contributed by atoms with E-state index in [-0.39, 0.29) is 19.4 Å². The number of nitrogens with two attached hydrogens (primary N) is 1. The first kappa shape index (κ1) is 38.6. The van der Waals surface area contributed by atoms with Gasteiger partial charge in [-0.2, -0.15) is 0 Å². The standard InChI is InChI=1S/C30H41N3O14/c1-16(34)41-15-23-25(44-17(2)35)26(45-18(3)36)27(46-19(4)37)30(47-23)43-14-21(31)28(39)33-22(29(40)32-5)11-12-24(38)42-13-20-9-7-6-8-10-20/h6-10,21-23,25-27,30H,11-15,31H2,1-5H3,(H,32,40)(H,33,39)/t21-,22+,23-,25-,26+,27+,30+/m1/s1. The van der Waals surface area contributed by atoms with Crippen LogP contribution in [0.25, 0.3) is 0 Å². The zero-order valence-electron chi connectivity index (χ0n) is 26.8. The van der Waals surface area contributed by atoms with Crippen LogP contribution in [0.4, 0.5) is 0 Å². The summed E-state index contributed by atoms with van der Waals surface area (Å²) in [4.78, 5) is 85.0. The lowest BCUT2D eigenvalue weighted by molar-refractivity contribution is -0.308. The van der Waals surface area contributed by atoms with Crippen LogP contribution < -0.4 is 16.4 Å². The van der Waals surface area contributed by atoms with Gasteiger partial charge in [0.2, 0.25) is 11.8 Å². The molecule has 0 aliphatic carbocycles. The van der Waals surface area contributed by atoms with E-state index in [1.54, 1.807) is 24.3 Å². The quantitative estimate of drug-likeness (QED) is 0.144. The zero-order chi connectivity index (χ0) is 35.1. The third kappa shape index (κ3) is 13.3. The maximum absolute atomic E-state index is 13.0. The molecule has 2 amide bonds. The molecule has 4 N–H and O–H groups in total. The van der Waals surface area contributed by atoms with E-state index in [4.69, 9.17) is 38.9 Å². The number of hydrogen-bond acceptors (Lipinski definition) is 15. The predicted molar refractivity (Wildman–Crippen MR) is 157 cm³/mol. The second-order valence-corrected chi connectivity index (χ2v) is 10.4. The van der Waals surface area contributed by atoms with Gasteiger partial charge in [-0.3, -0.25) is 33.6 Å². The second kappa shape index (κ2) is 19.1. The number of rotatable bonds is 16. The van der Waals surface area contributed by atoms with Gasteiger partial charge in [-0.1, -0.05) is 30.3 Å². The fourth-order valence-corrected chi connectivity index (χ4v) is 4.39. The normalized spacial score (nSPS) is 21.6. The molecule has 1 aromatic carbocycles. The summed E-state index contributed by atoms with van der Waals surface area (Å²) >= 11 is 0. The van der Waals surface area contributed by atoms with Crippen LogP contribution in [0.3, 0.4) is 0 Å². The minimum absolute atomic E-state index is 0.0398. The first-order valence-electron chi connectivity index (χ1n) is 14.6. The Bertz CT molecular complexity index is 1260. The van der Waals surface area contributed by atoms with Crippen LogP contribution in [-0.2, 0) is 73.3 Å². The monoisotopic (exact) mass is 667 g/mol. The highest BCUT2D eigenvalue weighted by molar-refractivity contribution is 5.90. The van der Waals surface area contributed by atoms with Gasteiger partial charge >= 0.3 is 29.8 Å². The lowest BCUT2D eigenvalue weighted by Crippen LogP contribution is -2.63. The molecule has 0 aromatic heterocycles. The van der Waals surface area contributed by atoms with Crippen LogP contribution in [-0.4, -0.2) is 105 Å². The summed E-state index contributed by atoms with van der Waals surface area (Å²) in [5, 5.41) is 4.86.